The summed E-state index contributed by atoms with van der Waals surface area (Å²) in [5, 5.41) is 7.19. The van der Waals surface area contributed by atoms with E-state index in [1.165, 1.54) is 7.11 Å². The molecule has 6 nitrogen and oxygen atoms in total. The van der Waals surface area contributed by atoms with Gasteiger partial charge in [0.1, 0.15) is 0 Å². The summed E-state index contributed by atoms with van der Waals surface area (Å²) in [7, 11) is 1.35. The number of carboxylic acid groups (broad SMARTS) is 1. The maximum absolute atomic E-state index is 10.2. The summed E-state index contributed by atoms with van der Waals surface area (Å²) in [6.07, 6.45) is -1.58. The lowest BCUT2D eigenvalue weighted by Gasteiger charge is -1.87. The molecule has 1 fully saturated rings. The van der Waals surface area contributed by atoms with Gasteiger partial charge in [-0.05, 0) is 0 Å². The molecule has 1 unspecified atom stereocenters. The third-order valence-corrected chi connectivity index (χ3v) is 0.797. The molecule has 64 valence electrons. The zero-order valence-electron chi connectivity index (χ0n) is 5.94. The van der Waals surface area contributed by atoms with Gasteiger partial charge in [-0.25, -0.2) is 9.59 Å². The molecular formula is C5H9NO5. The highest BCUT2D eigenvalue weighted by molar-refractivity contribution is 5.76. The lowest BCUT2D eigenvalue weighted by molar-refractivity contribution is -0.142. The first-order chi connectivity index (χ1) is 5.07. The minimum Gasteiger partial charge on any atom is -0.467 e. The van der Waals surface area contributed by atoms with Gasteiger partial charge in [-0.15, -0.1) is 0 Å². The Hall–Kier alpha value is -1.30. The second kappa shape index (κ2) is 4.51. The number of nitrogens with two attached hydrogens (primary N) is 1. The van der Waals surface area contributed by atoms with Crippen molar-refractivity contribution in [2.45, 2.75) is 6.10 Å². The van der Waals surface area contributed by atoms with Crippen LogP contribution in [-0.2, 0) is 14.3 Å². The first kappa shape index (κ1) is 9.70. The molecule has 0 saturated carbocycles. The first-order valence-corrected chi connectivity index (χ1v) is 2.75. The van der Waals surface area contributed by atoms with E-state index >= 15 is 0 Å². The Morgan fingerprint density at radius 2 is 2.09 bits per heavy atom. The molecule has 0 bridgehead atoms. The van der Waals surface area contributed by atoms with Gasteiger partial charge < -0.3 is 20.3 Å². The minimum atomic E-state index is -1.33. The van der Waals surface area contributed by atoms with Crippen molar-refractivity contribution in [2.75, 3.05) is 13.7 Å². The van der Waals surface area contributed by atoms with Crippen LogP contribution in [0.2, 0.25) is 0 Å². The van der Waals surface area contributed by atoms with E-state index in [1.54, 1.807) is 0 Å². The molecule has 1 aliphatic rings. The van der Waals surface area contributed by atoms with Crippen LogP contribution in [0.5, 0.6) is 0 Å². The molecule has 0 aromatic rings. The number of esters is 1. The zero-order valence-corrected chi connectivity index (χ0v) is 5.94. The molecule has 0 spiro atoms. The van der Waals surface area contributed by atoms with E-state index in [1.807, 2.05) is 0 Å². The lowest BCUT2D eigenvalue weighted by Crippen LogP contribution is -2.07. The monoisotopic (exact) mass is 163 g/mol. The summed E-state index contributed by atoms with van der Waals surface area (Å²) in [6.45, 7) is 0.534. The molecule has 1 aliphatic heterocycles. The lowest BCUT2D eigenvalue weighted by atomic mass is 10.5. The van der Waals surface area contributed by atoms with E-state index in [-0.39, 0.29) is 12.1 Å². The van der Waals surface area contributed by atoms with E-state index < -0.39 is 6.09 Å². The molecule has 0 radical (unpaired) electrons. The maximum atomic E-state index is 10.2. The van der Waals surface area contributed by atoms with Crippen LogP contribution >= 0.6 is 0 Å². The fraction of sp³-hybridized carbons (Fsp3) is 0.600. The molecule has 3 N–H and O–H groups in total. The molecule has 0 aliphatic carbocycles. The average Bonchev–Trinajstić information content (AvgIpc) is 2.66. The number of primary amides is 1. The van der Waals surface area contributed by atoms with Gasteiger partial charge in [0.05, 0.1) is 13.7 Å². The van der Waals surface area contributed by atoms with Crippen LogP contribution in [0.1, 0.15) is 0 Å². The number of epoxide rings is 1. The first-order valence-electron chi connectivity index (χ1n) is 2.75. The van der Waals surface area contributed by atoms with E-state index in [2.05, 4.69) is 15.2 Å². The average molecular weight is 163 g/mol. The van der Waals surface area contributed by atoms with Gasteiger partial charge in [-0.1, -0.05) is 0 Å². The number of hydrogen-bond acceptors (Lipinski definition) is 4. The Balaban J connectivity index is 0.000000218. The standard InChI is InChI=1S/C4H6O3.CH3NO2/c1-6-4(5)3-2-7-3;2-1(3)4/h3H,2H2,1H3;2H2,(H,3,4). The van der Waals surface area contributed by atoms with Gasteiger partial charge in [0.2, 0.25) is 0 Å². The molecule has 6 heteroatoms. The Morgan fingerprint density at radius 3 is 2.18 bits per heavy atom. The van der Waals surface area contributed by atoms with Crippen molar-refractivity contribution in [1.29, 1.82) is 0 Å². The molecule has 1 rings (SSSR count). The fourth-order valence-corrected chi connectivity index (χ4v) is 0.316. The Labute approximate surface area is 62.9 Å². The summed E-state index contributed by atoms with van der Waals surface area (Å²) in [5.41, 5.74) is 4.03. The number of ether oxygens (including phenoxy) is 2. The fourth-order valence-electron chi connectivity index (χ4n) is 0.316. The number of carbonyl (C=O) groups is 2. The third kappa shape index (κ3) is 6.59. The highest BCUT2D eigenvalue weighted by Crippen LogP contribution is 2.08. The number of carbonyl (C=O) groups excluding carboxylic acids is 1. The van der Waals surface area contributed by atoms with Crippen molar-refractivity contribution in [3.8, 4) is 0 Å². The predicted molar refractivity (Wildman–Crippen MR) is 34.0 cm³/mol. The molecule has 1 atom stereocenters. The minimum absolute atomic E-state index is 0.245. The molecule has 1 saturated heterocycles. The predicted octanol–water partition coefficient (Wildman–Crippen LogP) is -0.819. The topological polar surface area (TPSA) is 102 Å². The van der Waals surface area contributed by atoms with Crippen LogP contribution in [0.3, 0.4) is 0 Å². The number of methoxy groups -OCH3 is 1. The van der Waals surface area contributed by atoms with Gasteiger partial charge in [0.25, 0.3) is 0 Å². The molecular weight excluding hydrogens is 154 g/mol. The number of amides is 1. The summed E-state index contributed by atoms with van der Waals surface area (Å²) in [4.78, 5) is 19.0. The van der Waals surface area contributed by atoms with Gasteiger partial charge in [0.15, 0.2) is 6.10 Å². The van der Waals surface area contributed by atoms with Crippen molar-refractivity contribution in [1.82, 2.24) is 0 Å². The Bertz CT molecular complexity index is 149. The highest BCUT2D eigenvalue weighted by Gasteiger charge is 2.31. The van der Waals surface area contributed by atoms with Crippen molar-refractivity contribution in [3.63, 3.8) is 0 Å². The van der Waals surface area contributed by atoms with Crippen molar-refractivity contribution in [3.05, 3.63) is 0 Å². The molecule has 0 aromatic heterocycles. The van der Waals surface area contributed by atoms with E-state index in [0.29, 0.717) is 6.61 Å². The van der Waals surface area contributed by atoms with Crippen LogP contribution in [0.15, 0.2) is 0 Å². The Kier molecular flexibility index (Phi) is 3.97. The van der Waals surface area contributed by atoms with E-state index in [4.69, 9.17) is 9.90 Å². The SMILES string of the molecule is COC(=O)C1CO1.NC(=O)O. The van der Waals surface area contributed by atoms with Crippen LogP contribution in [-0.4, -0.2) is 37.0 Å². The summed E-state index contributed by atoms with van der Waals surface area (Å²) in [6, 6.07) is 0. The van der Waals surface area contributed by atoms with Crippen LogP contribution in [0.4, 0.5) is 4.79 Å². The molecule has 11 heavy (non-hydrogen) atoms. The second-order valence-electron chi connectivity index (χ2n) is 1.68. The normalized spacial score (nSPS) is 19.2. The van der Waals surface area contributed by atoms with Gasteiger partial charge >= 0.3 is 12.1 Å². The van der Waals surface area contributed by atoms with Crippen molar-refractivity contribution >= 4 is 12.1 Å². The largest absolute Gasteiger partial charge is 0.467 e. The van der Waals surface area contributed by atoms with Gasteiger partial charge in [-0.2, -0.15) is 0 Å². The third-order valence-electron chi connectivity index (χ3n) is 0.797. The highest BCUT2D eigenvalue weighted by atomic mass is 16.6. The summed E-state index contributed by atoms with van der Waals surface area (Å²) >= 11 is 0. The van der Waals surface area contributed by atoms with Crippen LogP contribution in [0.25, 0.3) is 0 Å². The zero-order chi connectivity index (χ0) is 8.85. The second-order valence-corrected chi connectivity index (χ2v) is 1.68. The van der Waals surface area contributed by atoms with E-state index in [9.17, 15) is 4.79 Å². The Morgan fingerprint density at radius 1 is 1.73 bits per heavy atom. The number of rotatable bonds is 1. The van der Waals surface area contributed by atoms with Gasteiger partial charge in [-0.3, -0.25) is 0 Å². The maximum Gasteiger partial charge on any atom is 0.402 e. The molecule has 0 aromatic carbocycles. The molecule has 1 amide bonds. The van der Waals surface area contributed by atoms with Crippen molar-refractivity contribution < 1.29 is 24.2 Å². The van der Waals surface area contributed by atoms with Gasteiger partial charge in [0, 0.05) is 0 Å². The van der Waals surface area contributed by atoms with E-state index in [0.717, 1.165) is 0 Å². The van der Waals surface area contributed by atoms with Crippen LogP contribution in [0, 0.1) is 0 Å². The quantitative estimate of drug-likeness (QED) is 0.388. The summed E-state index contributed by atoms with van der Waals surface area (Å²) < 4.78 is 8.90. The van der Waals surface area contributed by atoms with Crippen molar-refractivity contribution in [2.24, 2.45) is 5.73 Å². The summed E-state index contributed by atoms with van der Waals surface area (Å²) in [5.74, 6) is -0.264. The number of hydrogen-bond donors (Lipinski definition) is 2. The van der Waals surface area contributed by atoms with Crippen LogP contribution < -0.4 is 5.73 Å². The smallest absolute Gasteiger partial charge is 0.402 e. The molecule has 1 heterocycles.